The van der Waals surface area contributed by atoms with Crippen LogP contribution in [0.3, 0.4) is 0 Å². The smallest absolute Gasteiger partial charge is 0.150 e. The molecule has 0 fully saturated rings. The van der Waals surface area contributed by atoms with Gasteiger partial charge in [0.25, 0.3) is 0 Å². The number of aryl methyl sites for hydroxylation is 1. The molecule has 3 aliphatic rings. The van der Waals surface area contributed by atoms with E-state index in [0.717, 1.165) is 28.4 Å². The minimum Gasteiger partial charge on any atom is -0.508 e. The number of phenolic OH excluding ortho intramolecular Hbond substituents is 1. The third kappa shape index (κ3) is 2.39. The van der Waals surface area contributed by atoms with E-state index in [4.69, 9.17) is 10.8 Å². The summed E-state index contributed by atoms with van der Waals surface area (Å²) in [5.74, 6) is 1.18. The summed E-state index contributed by atoms with van der Waals surface area (Å²) in [5, 5.41) is 18.8. The number of anilines is 1. The van der Waals surface area contributed by atoms with Gasteiger partial charge in [0.05, 0.1) is 24.2 Å². The Labute approximate surface area is 161 Å². The minimum atomic E-state index is -0.352. The van der Waals surface area contributed by atoms with Gasteiger partial charge in [-0.15, -0.1) is 0 Å². The van der Waals surface area contributed by atoms with Crippen LogP contribution in [0.4, 0.5) is 5.82 Å². The maximum Gasteiger partial charge on any atom is 0.150 e. The fourth-order valence-electron chi connectivity index (χ4n) is 3.96. The molecule has 6 nitrogen and oxygen atoms in total. The van der Waals surface area contributed by atoms with Crippen LogP contribution >= 0.6 is 11.5 Å². The summed E-state index contributed by atoms with van der Waals surface area (Å²) in [6, 6.07) is 7.75. The van der Waals surface area contributed by atoms with E-state index in [0.29, 0.717) is 24.5 Å². The number of benzene rings is 1. The molecule has 1 atom stereocenters. The molecule has 0 amide bonds. The monoisotopic (exact) mass is 377 g/mol. The first kappa shape index (κ1) is 16.1. The first-order valence-electron chi connectivity index (χ1n) is 8.77. The number of phenols is 1. The molecule has 3 heterocycles. The van der Waals surface area contributed by atoms with Crippen molar-refractivity contribution in [3.05, 3.63) is 76.6 Å². The average molecular weight is 377 g/mol. The number of hydrogen-bond donors (Lipinski definition) is 2. The molecular formula is C20H19N5OS. The van der Waals surface area contributed by atoms with Crippen molar-refractivity contribution in [3.8, 4) is 5.75 Å². The average Bonchev–Trinajstić information content (AvgIpc) is 3.37. The van der Waals surface area contributed by atoms with Gasteiger partial charge in [-0.05, 0) is 47.8 Å². The number of aromatic nitrogens is 1. The largest absolute Gasteiger partial charge is 0.508 e. The third-order valence-electron chi connectivity index (χ3n) is 5.30. The summed E-state index contributed by atoms with van der Waals surface area (Å²) in [4.78, 5) is 2.06. The second-order valence-corrected chi connectivity index (χ2v) is 7.75. The molecule has 1 aromatic carbocycles. The molecule has 1 aromatic heterocycles. The van der Waals surface area contributed by atoms with Crippen LogP contribution in [0.2, 0.25) is 0 Å². The van der Waals surface area contributed by atoms with E-state index in [1.54, 1.807) is 6.07 Å². The van der Waals surface area contributed by atoms with Crippen molar-refractivity contribution < 1.29 is 5.11 Å². The lowest BCUT2D eigenvalue weighted by atomic mass is 9.78. The molecule has 5 rings (SSSR count). The van der Waals surface area contributed by atoms with E-state index in [9.17, 15) is 5.11 Å². The van der Waals surface area contributed by atoms with Crippen molar-refractivity contribution in [2.75, 3.05) is 11.4 Å². The molecule has 136 valence electrons. The molecule has 0 radical (unpaired) electrons. The van der Waals surface area contributed by atoms with E-state index in [2.05, 4.69) is 27.5 Å². The molecule has 2 aliphatic heterocycles. The summed E-state index contributed by atoms with van der Waals surface area (Å²) >= 11 is 1.42. The number of aromatic hydroxyl groups is 1. The van der Waals surface area contributed by atoms with Gasteiger partial charge in [-0.2, -0.15) is 9.47 Å². The third-order valence-corrected chi connectivity index (χ3v) is 5.85. The Kier molecular flexibility index (Phi) is 3.42. The Morgan fingerprint density at radius 1 is 1.33 bits per heavy atom. The Morgan fingerprint density at radius 2 is 2.22 bits per heavy atom. The summed E-state index contributed by atoms with van der Waals surface area (Å²) < 4.78 is 4.47. The molecule has 2 aromatic rings. The second kappa shape index (κ2) is 5.72. The Morgan fingerprint density at radius 3 is 3.00 bits per heavy atom. The van der Waals surface area contributed by atoms with Crippen LogP contribution in [-0.4, -0.2) is 26.7 Å². The number of rotatable bonds is 3. The number of hydrogen-bond acceptors (Lipinski definition) is 7. The van der Waals surface area contributed by atoms with Gasteiger partial charge in [-0.1, -0.05) is 24.3 Å². The van der Waals surface area contributed by atoms with Crippen LogP contribution in [0, 0.1) is 12.3 Å². The van der Waals surface area contributed by atoms with Gasteiger partial charge in [0.1, 0.15) is 11.5 Å². The van der Waals surface area contributed by atoms with E-state index < -0.39 is 0 Å². The molecule has 7 heteroatoms. The molecule has 1 aliphatic carbocycles. The summed E-state index contributed by atoms with van der Waals surface area (Å²) in [5.41, 5.74) is 10.6. The lowest BCUT2D eigenvalue weighted by molar-refractivity contribution is 0.275. The van der Waals surface area contributed by atoms with Crippen LogP contribution in [-0.2, 0) is 6.54 Å². The normalized spacial score (nSPS) is 23.1. The summed E-state index contributed by atoms with van der Waals surface area (Å²) in [7, 11) is 0. The SMILES string of the molecule is Cc1ccc(CN2CC34C=CC=C3N(c3ccsn3)C=C(N)C4=N2)cc1O. The number of allylic oxidation sites excluding steroid dienone is 3. The van der Waals surface area contributed by atoms with Crippen LogP contribution in [0.1, 0.15) is 11.1 Å². The predicted molar refractivity (Wildman–Crippen MR) is 107 cm³/mol. The zero-order chi connectivity index (χ0) is 18.6. The van der Waals surface area contributed by atoms with Crippen molar-refractivity contribution in [3.63, 3.8) is 0 Å². The van der Waals surface area contributed by atoms with Crippen molar-refractivity contribution in [1.82, 2.24) is 9.38 Å². The highest BCUT2D eigenvalue weighted by molar-refractivity contribution is 7.03. The van der Waals surface area contributed by atoms with Gasteiger partial charge < -0.3 is 15.7 Å². The predicted octanol–water partition coefficient (Wildman–Crippen LogP) is 3.09. The number of hydrazone groups is 1. The van der Waals surface area contributed by atoms with Crippen molar-refractivity contribution >= 4 is 23.1 Å². The topological polar surface area (TPSA) is 78.0 Å². The minimum absolute atomic E-state index is 0.311. The van der Waals surface area contributed by atoms with E-state index >= 15 is 0 Å². The quantitative estimate of drug-likeness (QED) is 0.859. The summed E-state index contributed by atoms with van der Waals surface area (Å²) in [6.07, 6.45) is 8.26. The highest BCUT2D eigenvalue weighted by atomic mass is 32.1. The first-order chi connectivity index (χ1) is 13.1. The van der Waals surface area contributed by atoms with Gasteiger partial charge >= 0.3 is 0 Å². The highest BCUT2D eigenvalue weighted by Gasteiger charge is 2.51. The lowest BCUT2D eigenvalue weighted by Crippen LogP contribution is -2.44. The molecule has 1 spiro atoms. The summed E-state index contributed by atoms with van der Waals surface area (Å²) in [6.45, 7) is 3.21. The van der Waals surface area contributed by atoms with E-state index in [-0.39, 0.29) is 5.41 Å². The molecule has 0 saturated carbocycles. The van der Waals surface area contributed by atoms with Crippen molar-refractivity contribution in [2.24, 2.45) is 16.3 Å². The van der Waals surface area contributed by atoms with Crippen LogP contribution in [0.5, 0.6) is 5.75 Å². The van der Waals surface area contributed by atoms with Gasteiger partial charge in [-0.3, -0.25) is 5.01 Å². The van der Waals surface area contributed by atoms with Gasteiger partial charge in [0, 0.05) is 17.3 Å². The lowest BCUT2D eigenvalue weighted by Gasteiger charge is -2.37. The first-order valence-corrected chi connectivity index (χ1v) is 9.60. The van der Waals surface area contributed by atoms with Gasteiger partial charge in [0.2, 0.25) is 0 Å². The van der Waals surface area contributed by atoms with E-state index in [1.165, 1.54) is 11.5 Å². The Balaban J connectivity index is 1.49. The molecule has 3 N–H and O–H groups in total. The fraction of sp³-hybridized carbons (Fsp3) is 0.200. The Hall–Kier alpha value is -3.06. The Bertz CT molecular complexity index is 1040. The zero-order valence-electron chi connectivity index (χ0n) is 14.8. The fourth-order valence-corrected chi connectivity index (χ4v) is 4.46. The number of nitrogens with two attached hydrogens (primary N) is 1. The second-order valence-electron chi connectivity index (χ2n) is 7.09. The van der Waals surface area contributed by atoms with E-state index in [1.807, 2.05) is 41.7 Å². The molecule has 1 unspecified atom stereocenters. The van der Waals surface area contributed by atoms with Gasteiger partial charge in [0.15, 0.2) is 5.82 Å². The number of nitrogens with zero attached hydrogens (tertiary/aromatic N) is 4. The molecule has 27 heavy (non-hydrogen) atoms. The standard InChI is InChI=1S/C20H19N5OS/c1-13-4-5-14(9-16(13)26)10-24-12-20-7-2-3-17(20)25(18-6-8-27-23-18)11-15(21)19(20)22-24/h2-9,11,26H,10,12,21H2,1H3. The van der Waals surface area contributed by atoms with Crippen LogP contribution < -0.4 is 10.6 Å². The molecular weight excluding hydrogens is 358 g/mol. The maximum absolute atomic E-state index is 10.00. The zero-order valence-corrected chi connectivity index (χ0v) is 15.6. The van der Waals surface area contributed by atoms with Crippen LogP contribution in [0.25, 0.3) is 0 Å². The molecule has 0 bridgehead atoms. The highest BCUT2D eigenvalue weighted by Crippen LogP contribution is 2.47. The van der Waals surface area contributed by atoms with Crippen molar-refractivity contribution in [1.29, 1.82) is 0 Å². The van der Waals surface area contributed by atoms with Crippen LogP contribution in [0.15, 0.2) is 70.6 Å². The van der Waals surface area contributed by atoms with Crippen molar-refractivity contribution in [2.45, 2.75) is 13.5 Å². The maximum atomic E-state index is 10.00. The molecule has 0 saturated heterocycles. The van der Waals surface area contributed by atoms with Gasteiger partial charge in [-0.25, -0.2) is 0 Å².